The van der Waals surface area contributed by atoms with Crippen molar-refractivity contribution in [2.24, 2.45) is 4.99 Å². The second-order valence-corrected chi connectivity index (χ2v) is 7.06. The van der Waals surface area contributed by atoms with Gasteiger partial charge in [0.05, 0.1) is 6.10 Å². The van der Waals surface area contributed by atoms with E-state index in [1.807, 2.05) is 0 Å². The highest BCUT2D eigenvalue weighted by Gasteiger charge is 2.19. The summed E-state index contributed by atoms with van der Waals surface area (Å²) in [5, 5.41) is 6.99. The van der Waals surface area contributed by atoms with Crippen LogP contribution in [0.25, 0.3) is 0 Å². The molecule has 0 amide bonds. The lowest BCUT2D eigenvalue weighted by molar-refractivity contribution is -0.0318. The number of aliphatic imine (C=N–C) groups is 1. The van der Waals surface area contributed by atoms with Gasteiger partial charge in [-0.3, -0.25) is 4.99 Å². The van der Waals surface area contributed by atoms with Crippen LogP contribution in [0.15, 0.2) is 4.99 Å². The SMILES string of the molecule is CCCN1CCC(NC(=NCCCOC2CCOCC2)NCC)CC1. The zero-order valence-electron chi connectivity index (χ0n) is 16.3. The first-order valence-electron chi connectivity index (χ1n) is 10.3. The van der Waals surface area contributed by atoms with E-state index in [1.165, 1.54) is 38.9 Å². The lowest BCUT2D eigenvalue weighted by atomic mass is 10.1. The number of rotatable bonds is 9. The first kappa shape index (κ1) is 20.5. The van der Waals surface area contributed by atoms with Gasteiger partial charge in [0.2, 0.25) is 0 Å². The lowest BCUT2D eigenvalue weighted by Crippen LogP contribution is -2.48. The molecule has 2 rings (SSSR count). The minimum absolute atomic E-state index is 0.386. The third kappa shape index (κ3) is 8.38. The van der Waals surface area contributed by atoms with E-state index in [9.17, 15) is 0 Å². The van der Waals surface area contributed by atoms with E-state index in [1.54, 1.807) is 0 Å². The van der Waals surface area contributed by atoms with Gasteiger partial charge in [0.15, 0.2) is 5.96 Å². The first-order chi connectivity index (χ1) is 12.3. The van der Waals surface area contributed by atoms with Crippen LogP contribution >= 0.6 is 0 Å². The number of ether oxygens (including phenoxy) is 2. The molecule has 0 aliphatic carbocycles. The van der Waals surface area contributed by atoms with Crippen molar-refractivity contribution in [1.29, 1.82) is 0 Å². The van der Waals surface area contributed by atoms with Gasteiger partial charge in [-0.25, -0.2) is 0 Å². The van der Waals surface area contributed by atoms with Crippen LogP contribution in [0.1, 0.15) is 52.4 Å². The summed E-state index contributed by atoms with van der Waals surface area (Å²) in [5.41, 5.74) is 0. The number of guanidine groups is 1. The molecular formula is C19H38N4O2. The van der Waals surface area contributed by atoms with Crippen molar-refractivity contribution >= 4 is 5.96 Å². The average Bonchev–Trinajstić information content (AvgIpc) is 2.64. The lowest BCUT2D eigenvalue weighted by Gasteiger charge is -2.32. The summed E-state index contributed by atoms with van der Waals surface area (Å²) in [6.45, 7) is 12.2. The van der Waals surface area contributed by atoms with Crippen LogP contribution < -0.4 is 10.6 Å². The Balaban J connectivity index is 1.62. The Morgan fingerprint density at radius 3 is 2.60 bits per heavy atom. The van der Waals surface area contributed by atoms with Crippen LogP contribution in [0.2, 0.25) is 0 Å². The van der Waals surface area contributed by atoms with E-state index in [0.29, 0.717) is 12.1 Å². The van der Waals surface area contributed by atoms with Crippen LogP contribution in [0.3, 0.4) is 0 Å². The molecule has 0 bridgehead atoms. The molecule has 2 fully saturated rings. The fourth-order valence-corrected chi connectivity index (χ4v) is 3.48. The monoisotopic (exact) mass is 354 g/mol. The summed E-state index contributed by atoms with van der Waals surface area (Å²) in [6, 6.07) is 0.546. The standard InChI is InChI=1S/C19H38N4O2/c1-3-11-23-12-6-17(7-13-23)22-19(20-4-2)21-10-5-14-25-18-8-15-24-16-9-18/h17-18H,3-16H2,1-2H3,(H2,20,21,22). The number of nitrogens with zero attached hydrogens (tertiary/aromatic N) is 2. The highest BCUT2D eigenvalue weighted by Crippen LogP contribution is 2.11. The Labute approximate surface area is 153 Å². The molecule has 2 saturated heterocycles. The van der Waals surface area contributed by atoms with Crippen molar-refractivity contribution in [2.45, 2.75) is 64.5 Å². The molecule has 25 heavy (non-hydrogen) atoms. The zero-order valence-corrected chi connectivity index (χ0v) is 16.3. The van der Waals surface area contributed by atoms with E-state index >= 15 is 0 Å². The van der Waals surface area contributed by atoms with Crippen LogP contribution in [0.5, 0.6) is 0 Å². The molecule has 2 aliphatic rings. The van der Waals surface area contributed by atoms with Gasteiger partial charge in [-0.1, -0.05) is 6.92 Å². The summed E-state index contributed by atoms with van der Waals surface area (Å²) in [5.74, 6) is 0.961. The molecule has 0 unspecified atom stereocenters. The van der Waals surface area contributed by atoms with Crippen molar-refractivity contribution in [3.05, 3.63) is 0 Å². The summed E-state index contributed by atoms with van der Waals surface area (Å²) in [7, 11) is 0. The maximum Gasteiger partial charge on any atom is 0.191 e. The molecule has 0 aromatic carbocycles. The topological polar surface area (TPSA) is 58.1 Å². The molecule has 0 radical (unpaired) electrons. The van der Waals surface area contributed by atoms with E-state index in [-0.39, 0.29) is 0 Å². The Morgan fingerprint density at radius 1 is 1.16 bits per heavy atom. The van der Waals surface area contributed by atoms with Crippen molar-refractivity contribution in [3.63, 3.8) is 0 Å². The van der Waals surface area contributed by atoms with Crippen molar-refractivity contribution in [3.8, 4) is 0 Å². The molecule has 0 aromatic heterocycles. The highest BCUT2D eigenvalue weighted by molar-refractivity contribution is 5.80. The van der Waals surface area contributed by atoms with E-state index in [0.717, 1.165) is 58.1 Å². The molecule has 0 saturated carbocycles. The van der Waals surface area contributed by atoms with Gasteiger partial charge >= 0.3 is 0 Å². The minimum Gasteiger partial charge on any atom is -0.381 e. The van der Waals surface area contributed by atoms with Crippen LogP contribution in [-0.2, 0) is 9.47 Å². The minimum atomic E-state index is 0.386. The molecular weight excluding hydrogens is 316 g/mol. The Kier molecular flexibility index (Phi) is 10.2. The summed E-state index contributed by atoms with van der Waals surface area (Å²) in [6.07, 6.45) is 7.08. The Morgan fingerprint density at radius 2 is 1.92 bits per heavy atom. The molecule has 0 spiro atoms. The predicted octanol–water partition coefficient (Wildman–Crippen LogP) is 2.00. The van der Waals surface area contributed by atoms with E-state index in [4.69, 9.17) is 14.5 Å². The van der Waals surface area contributed by atoms with E-state index < -0.39 is 0 Å². The molecule has 2 heterocycles. The summed E-state index contributed by atoms with van der Waals surface area (Å²) in [4.78, 5) is 7.29. The third-order valence-corrected chi connectivity index (χ3v) is 4.91. The fraction of sp³-hybridized carbons (Fsp3) is 0.947. The van der Waals surface area contributed by atoms with Crippen molar-refractivity contribution in [2.75, 3.05) is 52.5 Å². The van der Waals surface area contributed by atoms with Crippen molar-refractivity contribution < 1.29 is 9.47 Å². The smallest absolute Gasteiger partial charge is 0.191 e. The Hall–Kier alpha value is -0.850. The normalized spacial score (nSPS) is 21.4. The molecule has 6 nitrogen and oxygen atoms in total. The van der Waals surface area contributed by atoms with Gasteiger partial charge in [0.1, 0.15) is 0 Å². The molecule has 6 heteroatoms. The highest BCUT2D eigenvalue weighted by atomic mass is 16.5. The summed E-state index contributed by atoms with van der Waals surface area (Å²) < 4.78 is 11.3. The first-order valence-corrected chi connectivity index (χ1v) is 10.3. The van der Waals surface area contributed by atoms with E-state index in [2.05, 4.69) is 29.4 Å². The summed E-state index contributed by atoms with van der Waals surface area (Å²) >= 11 is 0. The second kappa shape index (κ2) is 12.5. The number of hydrogen-bond donors (Lipinski definition) is 2. The van der Waals surface area contributed by atoms with Gasteiger partial charge < -0.3 is 25.0 Å². The predicted molar refractivity (Wildman–Crippen MR) is 103 cm³/mol. The van der Waals surface area contributed by atoms with Gasteiger partial charge in [0.25, 0.3) is 0 Å². The number of nitrogens with one attached hydrogen (secondary N) is 2. The van der Waals surface area contributed by atoms with Gasteiger partial charge in [-0.15, -0.1) is 0 Å². The third-order valence-electron chi connectivity index (χ3n) is 4.91. The number of piperidine rings is 1. The number of hydrogen-bond acceptors (Lipinski definition) is 4. The molecule has 0 aromatic rings. The average molecular weight is 355 g/mol. The fourth-order valence-electron chi connectivity index (χ4n) is 3.48. The maximum absolute atomic E-state index is 5.91. The van der Waals surface area contributed by atoms with Crippen LogP contribution in [0.4, 0.5) is 0 Å². The zero-order chi connectivity index (χ0) is 17.7. The van der Waals surface area contributed by atoms with Gasteiger partial charge in [0, 0.05) is 52.0 Å². The quantitative estimate of drug-likeness (QED) is 0.377. The largest absolute Gasteiger partial charge is 0.381 e. The molecule has 146 valence electrons. The Bertz CT molecular complexity index is 364. The van der Waals surface area contributed by atoms with Crippen molar-refractivity contribution in [1.82, 2.24) is 15.5 Å². The van der Waals surface area contributed by atoms with Crippen LogP contribution in [0, 0.1) is 0 Å². The second-order valence-electron chi connectivity index (χ2n) is 7.06. The van der Waals surface area contributed by atoms with Crippen LogP contribution in [-0.4, -0.2) is 75.5 Å². The molecule has 2 N–H and O–H groups in total. The maximum atomic E-state index is 5.91. The van der Waals surface area contributed by atoms with Gasteiger partial charge in [-0.05, 0) is 52.0 Å². The van der Waals surface area contributed by atoms with Gasteiger partial charge in [-0.2, -0.15) is 0 Å². The molecule has 0 atom stereocenters. The number of likely N-dealkylation sites (tertiary alicyclic amines) is 1. The molecule has 2 aliphatic heterocycles.